The maximum Gasteiger partial charge on any atom is 0.123 e. The fourth-order valence-electron chi connectivity index (χ4n) is 2.77. The highest BCUT2D eigenvalue weighted by Gasteiger charge is 2.19. The van der Waals surface area contributed by atoms with Crippen molar-refractivity contribution in [3.8, 4) is 11.8 Å². The van der Waals surface area contributed by atoms with Crippen LogP contribution in [0.2, 0.25) is 0 Å². The second kappa shape index (κ2) is 8.66. The minimum atomic E-state index is 0.335. The third kappa shape index (κ3) is 5.04. The summed E-state index contributed by atoms with van der Waals surface area (Å²) in [6.07, 6.45) is 4.14. The summed E-state index contributed by atoms with van der Waals surface area (Å²) in [4.78, 5) is 2.38. The summed E-state index contributed by atoms with van der Waals surface area (Å²) in [7, 11) is 1.71. The highest BCUT2D eigenvalue weighted by atomic mass is 16.5. The fourth-order valence-corrected chi connectivity index (χ4v) is 2.77. The molecular weight excluding hydrogens is 264 g/mol. The Hall–Kier alpha value is -1.57. The zero-order chi connectivity index (χ0) is 14.9. The lowest BCUT2D eigenvalue weighted by Crippen LogP contribution is -2.32. The van der Waals surface area contributed by atoms with E-state index < -0.39 is 0 Å². The lowest BCUT2D eigenvalue weighted by atomic mass is 10.1. The van der Waals surface area contributed by atoms with E-state index in [1.807, 2.05) is 18.2 Å². The van der Waals surface area contributed by atoms with E-state index in [-0.39, 0.29) is 0 Å². The molecule has 1 aromatic rings. The number of hydrogen-bond donors (Lipinski definition) is 0. The molecule has 1 saturated heterocycles. The first-order chi connectivity index (χ1) is 10.3. The van der Waals surface area contributed by atoms with Gasteiger partial charge in [0.15, 0.2) is 0 Å². The Morgan fingerprint density at radius 1 is 1.43 bits per heavy atom. The van der Waals surface area contributed by atoms with Gasteiger partial charge in [0, 0.05) is 31.7 Å². The third-order valence-electron chi connectivity index (χ3n) is 3.84. The minimum absolute atomic E-state index is 0.335. The molecule has 114 valence electrons. The molecule has 0 unspecified atom stereocenters. The topological polar surface area (TPSA) is 45.5 Å². The second-order valence-electron chi connectivity index (χ2n) is 5.44. The molecule has 4 heteroatoms. The molecule has 0 radical (unpaired) electrons. The molecule has 1 aliphatic heterocycles. The van der Waals surface area contributed by atoms with Gasteiger partial charge in [-0.05, 0) is 31.9 Å². The van der Waals surface area contributed by atoms with Crippen molar-refractivity contribution in [1.29, 1.82) is 5.26 Å². The summed E-state index contributed by atoms with van der Waals surface area (Å²) >= 11 is 0. The number of hydrogen-bond acceptors (Lipinski definition) is 4. The van der Waals surface area contributed by atoms with Crippen LogP contribution in [-0.2, 0) is 11.3 Å². The smallest absolute Gasteiger partial charge is 0.123 e. The Morgan fingerprint density at radius 3 is 3.00 bits per heavy atom. The Morgan fingerprint density at radius 2 is 2.29 bits per heavy atom. The molecule has 0 bridgehead atoms. The van der Waals surface area contributed by atoms with Gasteiger partial charge >= 0.3 is 0 Å². The molecule has 0 amide bonds. The summed E-state index contributed by atoms with van der Waals surface area (Å²) in [6, 6.07) is 10.3. The van der Waals surface area contributed by atoms with Gasteiger partial charge in [0.25, 0.3) is 0 Å². The van der Waals surface area contributed by atoms with Crippen molar-refractivity contribution in [1.82, 2.24) is 4.90 Å². The van der Waals surface area contributed by atoms with E-state index in [0.29, 0.717) is 12.5 Å². The van der Waals surface area contributed by atoms with Gasteiger partial charge in [0.2, 0.25) is 0 Å². The van der Waals surface area contributed by atoms with Gasteiger partial charge < -0.3 is 9.47 Å². The van der Waals surface area contributed by atoms with E-state index in [9.17, 15) is 0 Å². The monoisotopic (exact) mass is 288 g/mol. The number of methoxy groups -OCH3 is 1. The summed E-state index contributed by atoms with van der Waals surface area (Å²) in [5.41, 5.74) is 1.19. The highest BCUT2D eigenvalue weighted by Crippen LogP contribution is 2.21. The van der Waals surface area contributed by atoms with Crippen molar-refractivity contribution in [2.24, 2.45) is 0 Å². The second-order valence-corrected chi connectivity index (χ2v) is 5.44. The van der Waals surface area contributed by atoms with Crippen LogP contribution in [0.1, 0.15) is 31.2 Å². The minimum Gasteiger partial charge on any atom is -0.496 e. The molecule has 1 fully saturated rings. The van der Waals surface area contributed by atoms with Gasteiger partial charge in [-0.3, -0.25) is 4.90 Å². The van der Waals surface area contributed by atoms with Crippen LogP contribution in [0, 0.1) is 11.3 Å². The van der Waals surface area contributed by atoms with E-state index in [1.54, 1.807) is 7.11 Å². The lowest BCUT2D eigenvalue weighted by molar-refractivity contribution is 0.0700. The van der Waals surface area contributed by atoms with Gasteiger partial charge in [-0.1, -0.05) is 18.2 Å². The van der Waals surface area contributed by atoms with Crippen LogP contribution in [0.15, 0.2) is 24.3 Å². The number of benzene rings is 1. The van der Waals surface area contributed by atoms with Gasteiger partial charge in [-0.15, -0.1) is 0 Å². The molecule has 21 heavy (non-hydrogen) atoms. The van der Waals surface area contributed by atoms with Gasteiger partial charge in [0.05, 0.1) is 19.3 Å². The molecule has 0 aliphatic carbocycles. The maximum atomic E-state index is 8.72. The van der Waals surface area contributed by atoms with Crippen LogP contribution in [0.4, 0.5) is 0 Å². The van der Waals surface area contributed by atoms with Crippen molar-refractivity contribution in [2.75, 3.05) is 26.8 Å². The molecule has 1 aliphatic rings. The summed E-state index contributed by atoms with van der Waals surface area (Å²) in [5, 5.41) is 8.72. The maximum absolute atomic E-state index is 8.72. The molecule has 1 heterocycles. The average Bonchev–Trinajstić information content (AvgIpc) is 3.01. The Labute approximate surface area is 127 Å². The standard InChI is InChI=1S/C17H24N2O2/c1-20-17-9-3-2-7-15(17)13-19(11-5-4-10-18)14-16-8-6-12-21-16/h2-3,7,9,16H,4-6,8,11-14H2,1H3/t16-/m1/s1. The Balaban J connectivity index is 1.97. The molecule has 0 saturated carbocycles. The predicted molar refractivity (Wildman–Crippen MR) is 82.1 cm³/mol. The van der Waals surface area contributed by atoms with E-state index in [1.165, 1.54) is 5.56 Å². The van der Waals surface area contributed by atoms with Crippen molar-refractivity contribution in [3.05, 3.63) is 29.8 Å². The molecule has 1 aromatic carbocycles. The van der Waals surface area contributed by atoms with Gasteiger partial charge in [-0.2, -0.15) is 5.26 Å². The van der Waals surface area contributed by atoms with Gasteiger partial charge in [0.1, 0.15) is 5.75 Å². The Bertz CT molecular complexity index is 464. The number of para-hydroxylation sites is 1. The van der Waals surface area contributed by atoms with E-state index >= 15 is 0 Å². The van der Waals surface area contributed by atoms with Crippen LogP contribution in [-0.4, -0.2) is 37.8 Å². The van der Waals surface area contributed by atoms with Gasteiger partial charge in [-0.25, -0.2) is 0 Å². The third-order valence-corrected chi connectivity index (χ3v) is 3.84. The van der Waals surface area contributed by atoms with Crippen molar-refractivity contribution < 1.29 is 9.47 Å². The number of ether oxygens (including phenoxy) is 2. The average molecular weight is 288 g/mol. The Kier molecular flexibility index (Phi) is 6.52. The quantitative estimate of drug-likeness (QED) is 0.690. The molecule has 1 atom stereocenters. The lowest BCUT2D eigenvalue weighted by Gasteiger charge is -2.25. The molecule has 4 nitrogen and oxygen atoms in total. The fraction of sp³-hybridized carbons (Fsp3) is 0.588. The van der Waals surface area contributed by atoms with Crippen LogP contribution >= 0.6 is 0 Å². The zero-order valence-corrected chi connectivity index (χ0v) is 12.8. The predicted octanol–water partition coefficient (Wildman–Crippen LogP) is 2.98. The van der Waals surface area contributed by atoms with E-state index in [2.05, 4.69) is 17.0 Å². The number of rotatable bonds is 8. The first-order valence-electron chi connectivity index (χ1n) is 7.66. The summed E-state index contributed by atoms with van der Waals surface area (Å²) < 4.78 is 11.2. The van der Waals surface area contributed by atoms with Crippen LogP contribution in [0.3, 0.4) is 0 Å². The molecule has 0 spiro atoms. The van der Waals surface area contributed by atoms with Crippen molar-refractivity contribution in [3.63, 3.8) is 0 Å². The SMILES string of the molecule is COc1ccccc1CN(CCCC#N)C[C@H]1CCCO1. The van der Waals surface area contributed by atoms with E-state index in [4.69, 9.17) is 14.7 Å². The van der Waals surface area contributed by atoms with Crippen LogP contribution in [0.5, 0.6) is 5.75 Å². The first-order valence-corrected chi connectivity index (χ1v) is 7.66. The molecule has 2 rings (SSSR count). The molecule has 0 N–H and O–H groups in total. The molecule has 0 aromatic heterocycles. The first kappa shape index (κ1) is 15.8. The highest BCUT2D eigenvalue weighted by molar-refractivity contribution is 5.33. The summed E-state index contributed by atoms with van der Waals surface area (Å²) in [5.74, 6) is 0.926. The van der Waals surface area contributed by atoms with Crippen LogP contribution < -0.4 is 4.74 Å². The van der Waals surface area contributed by atoms with Crippen molar-refractivity contribution in [2.45, 2.75) is 38.3 Å². The largest absolute Gasteiger partial charge is 0.496 e. The molecular formula is C17H24N2O2. The number of nitrogens with zero attached hydrogens (tertiary/aromatic N) is 2. The van der Waals surface area contributed by atoms with Crippen LogP contribution in [0.25, 0.3) is 0 Å². The zero-order valence-electron chi connectivity index (χ0n) is 12.8. The van der Waals surface area contributed by atoms with Crippen molar-refractivity contribution >= 4 is 0 Å². The normalized spacial score (nSPS) is 17.9. The van der Waals surface area contributed by atoms with E-state index in [0.717, 1.165) is 51.3 Å². The summed E-state index contributed by atoms with van der Waals surface area (Å²) in [6.45, 7) is 3.58. The number of unbranched alkanes of at least 4 members (excludes halogenated alkanes) is 1. The number of nitriles is 1.